The Labute approximate surface area is 125 Å². The van der Waals surface area contributed by atoms with E-state index in [0.717, 1.165) is 25.8 Å². The zero-order valence-electron chi connectivity index (χ0n) is 11.8. The average Bonchev–Trinajstić information content (AvgIpc) is 2.77. The molecule has 3 N–H and O–H groups in total. The van der Waals surface area contributed by atoms with Gasteiger partial charge in [-0.3, -0.25) is 9.69 Å². The predicted molar refractivity (Wildman–Crippen MR) is 80.0 cm³/mol. The van der Waals surface area contributed by atoms with Crippen LogP contribution in [0.3, 0.4) is 0 Å². The van der Waals surface area contributed by atoms with Crippen molar-refractivity contribution in [2.45, 2.75) is 38.6 Å². The summed E-state index contributed by atoms with van der Waals surface area (Å²) in [6.45, 7) is 3.84. The lowest BCUT2D eigenvalue weighted by Crippen LogP contribution is -2.44. The minimum absolute atomic E-state index is 0. The van der Waals surface area contributed by atoms with Crippen molar-refractivity contribution in [1.82, 2.24) is 10.1 Å². The number of nitrogens with one attached hydrogen (secondary N) is 1. The quantitative estimate of drug-likeness (QED) is 0.862. The maximum atomic E-state index is 12.0. The summed E-state index contributed by atoms with van der Waals surface area (Å²) in [5.74, 6) is 1.13. The third kappa shape index (κ3) is 4.77. The Balaban J connectivity index is 0.00000200. The van der Waals surface area contributed by atoms with Crippen molar-refractivity contribution in [3.05, 3.63) is 11.8 Å². The second kappa shape index (κ2) is 8.24. The van der Waals surface area contributed by atoms with Crippen LogP contribution in [-0.2, 0) is 4.79 Å². The molecule has 0 radical (unpaired) electrons. The molecule has 1 unspecified atom stereocenters. The molecule has 0 spiro atoms. The molecule has 1 aromatic heterocycles. The van der Waals surface area contributed by atoms with Crippen LogP contribution < -0.4 is 11.1 Å². The number of anilines is 1. The molecule has 0 aliphatic carbocycles. The van der Waals surface area contributed by atoms with Gasteiger partial charge < -0.3 is 15.6 Å². The van der Waals surface area contributed by atoms with E-state index in [9.17, 15) is 4.79 Å². The first-order valence-corrected chi connectivity index (χ1v) is 6.86. The van der Waals surface area contributed by atoms with E-state index in [2.05, 4.69) is 15.4 Å². The number of aryl methyl sites for hydroxylation is 1. The largest absolute Gasteiger partial charge is 0.360 e. The van der Waals surface area contributed by atoms with Crippen molar-refractivity contribution in [2.24, 2.45) is 5.73 Å². The molecule has 114 valence electrons. The number of rotatable bonds is 5. The zero-order valence-corrected chi connectivity index (χ0v) is 12.6. The standard InChI is InChI=1S/C13H22N4O2.ClH/c1-10-8-12(16-19-10)15-13(18)9-17-7-3-2-4-11(17)5-6-14;/h8,11H,2-7,9,14H2,1H3,(H,15,16,18);1H. The summed E-state index contributed by atoms with van der Waals surface area (Å²) in [7, 11) is 0. The fourth-order valence-corrected chi connectivity index (χ4v) is 2.58. The van der Waals surface area contributed by atoms with Crippen LogP contribution in [0.25, 0.3) is 0 Å². The van der Waals surface area contributed by atoms with Gasteiger partial charge in [0, 0.05) is 12.1 Å². The van der Waals surface area contributed by atoms with Gasteiger partial charge in [-0.2, -0.15) is 0 Å². The smallest absolute Gasteiger partial charge is 0.239 e. The highest BCUT2D eigenvalue weighted by Crippen LogP contribution is 2.19. The second-order valence-electron chi connectivity index (χ2n) is 5.07. The van der Waals surface area contributed by atoms with E-state index >= 15 is 0 Å². The van der Waals surface area contributed by atoms with Crippen LogP contribution in [0, 0.1) is 6.92 Å². The van der Waals surface area contributed by atoms with Crippen LogP contribution in [0.15, 0.2) is 10.6 Å². The third-order valence-electron chi connectivity index (χ3n) is 3.49. The SMILES string of the molecule is Cc1cc(NC(=O)CN2CCCCC2CCN)no1.Cl. The third-order valence-corrected chi connectivity index (χ3v) is 3.49. The van der Waals surface area contributed by atoms with Crippen LogP contribution in [0.2, 0.25) is 0 Å². The maximum Gasteiger partial charge on any atom is 0.239 e. The summed E-state index contributed by atoms with van der Waals surface area (Å²) >= 11 is 0. The van der Waals surface area contributed by atoms with Crippen LogP contribution in [-0.4, -0.2) is 41.6 Å². The number of carbonyl (C=O) groups excluding carboxylic acids is 1. The molecule has 1 aliphatic heterocycles. The first-order chi connectivity index (χ1) is 9.19. The number of amides is 1. The molecule has 1 aliphatic rings. The van der Waals surface area contributed by atoms with E-state index in [4.69, 9.17) is 10.3 Å². The van der Waals surface area contributed by atoms with Crippen LogP contribution in [0.1, 0.15) is 31.4 Å². The van der Waals surface area contributed by atoms with Crippen molar-refractivity contribution in [3.8, 4) is 0 Å². The Morgan fingerprint density at radius 1 is 1.60 bits per heavy atom. The van der Waals surface area contributed by atoms with Gasteiger partial charge in [0.15, 0.2) is 5.82 Å². The average molecular weight is 303 g/mol. The molecule has 6 nitrogen and oxygen atoms in total. The topological polar surface area (TPSA) is 84.4 Å². The molecule has 1 fully saturated rings. The van der Waals surface area contributed by atoms with E-state index in [0.29, 0.717) is 30.7 Å². The van der Waals surface area contributed by atoms with Crippen molar-refractivity contribution in [3.63, 3.8) is 0 Å². The minimum atomic E-state index is -0.0442. The van der Waals surface area contributed by atoms with Crippen LogP contribution >= 0.6 is 12.4 Å². The molecule has 0 bridgehead atoms. The molecular weight excluding hydrogens is 280 g/mol. The fourth-order valence-electron chi connectivity index (χ4n) is 2.58. The van der Waals surface area contributed by atoms with E-state index in [1.165, 1.54) is 6.42 Å². The van der Waals surface area contributed by atoms with Crippen molar-refractivity contribution >= 4 is 24.1 Å². The molecule has 0 aromatic carbocycles. The van der Waals surface area contributed by atoms with Crippen LogP contribution in [0.5, 0.6) is 0 Å². The van der Waals surface area contributed by atoms with E-state index < -0.39 is 0 Å². The Hall–Kier alpha value is -1.11. The van der Waals surface area contributed by atoms with Gasteiger partial charge in [-0.15, -0.1) is 12.4 Å². The number of nitrogens with zero attached hydrogens (tertiary/aromatic N) is 2. The van der Waals surface area contributed by atoms with Gasteiger partial charge in [0.25, 0.3) is 0 Å². The van der Waals surface area contributed by atoms with Gasteiger partial charge in [0.05, 0.1) is 6.54 Å². The molecule has 1 aromatic rings. The summed E-state index contributed by atoms with van der Waals surface area (Å²) in [6, 6.07) is 2.15. The number of hydrogen-bond acceptors (Lipinski definition) is 5. The summed E-state index contributed by atoms with van der Waals surface area (Å²) in [6.07, 6.45) is 4.46. The number of likely N-dealkylation sites (tertiary alicyclic amines) is 1. The Bertz CT molecular complexity index is 422. The number of aromatic nitrogens is 1. The Kier molecular flexibility index (Phi) is 6.98. The summed E-state index contributed by atoms with van der Waals surface area (Å²) < 4.78 is 4.92. The molecule has 2 rings (SSSR count). The van der Waals surface area contributed by atoms with Gasteiger partial charge in [-0.25, -0.2) is 0 Å². The highest BCUT2D eigenvalue weighted by Gasteiger charge is 2.23. The van der Waals surface area contributed by atoms with Gasteiger partial charge in [-0.1, -0.05) is 11.6 Å². The molecule has 1 amide bonds. The summed E-state index contributed by atoms with van der Waals surface area (Å²) in [5, 5.41) is 6.51. The maximum absolute atomic E-state index is 12.0. The fraction of sp³-hybridized carbons (Fsp3) is 0.692. The molecule has 20 heavy (non-hydrogen) atoms. The number of piperidine rings is 1. The molecule has 7 heteroatoms. The molecule has 2 heterocycles. The highest BCUT2D eigenvalue weighted by atomic mass is 35.5. The first-order valence-electron chi connectivity index (χ1n) is 6.86. The van der Waals surface area contributed by atoms with E-state index in [1.54, 1.807) is 13.0 Å². The van der Waals surface area contributed by atoms with Gasteiger partial charge in [0.2, 0.25) is 5.91 Å². The van der Waals surface area contributed by atoms with Gasteiger partial charge >= 0.3 is 0 Å². The van der Waals surface area contributed by atoms with Crippen molar-refractivity contribution in [1.29, 1.82) is 0 Å². The number of halogens is 1. The lowest BCUT2D eigenvalue weighted by Gasteiger charge is -2.34. The highest BCUT2D eigenvalue weighted by molar-refractivity contribution is 5.91. The monoisotopic (exact) mass is 302 g/mol. The number of hydrogen-bond donors (Lipinski definition) is 2. The molecular formula is C13H23ClN4O2. The normalized spacial score (nSPS) is 19.4. The lowest BCUT2D eigenvalue weighted by atomic mass is 9.99. The van der Waals surface area contributed by atoms with Crippen molar-refractivity contribution < 1.29 is 9.32 Å². The van der Waals surface area contributed by atoms with E-state index in [1.807, 2.05) is 0 Å². The first kappa shape index (κ1) is 16.9. The Morgan fingerprint density at radius 2 is 2.40 bits per heavy atom. The second-order valence-corrected chi connectivity index (χ2v) is 5.07. The zero-order chi connectivity index (χ0) is 13.7. The van der Waals surface area contributed by atoms with E-state index in [-0.39, 0.29) is 18.3 Å². The van der Waals surface area contributed by atoms with Crippen molar-refractivity contribution in [2.75, 3.05) is 25.0 Å². The summed E-state index contributed by atoms with van der Waals surface area (Å²) in [5.41, 5.74) is 5.63. The molecule has 1 atom stereocenters. The molecule has 1 saturated heterocycles. The van der Waals surface area contributed by atoms with Crippen LogP contribution in [0.4, 0.5) is 5.82 Å². The Morgan fingerprint density at radius 3 is 3.05 bits per heavy atom. The lowest BCUT2D eigenvalue weighted by molar-refractivity contribution is -0.118. The van der Waals surface area contributed by atoms with Gasteiger partial charge in [0.1, 0.15) is 5.76 Å². The number of carbonyl (C=O) groups is 1. The van der Waals surface area contributed by atoms with Gasteiger partial charge in [-0.05, 0) is 39.3 Å². The predicted octanol–water partition coefficient (Wildman–Crippen LogP) is 1.55. The summed E-state index contributed by atoms with van der Waals surface area (Å²) in [4.78, 5) is 14.2. The molecule has 0 saturated carbocycles. The number of nitrogens with two attached hydrogens (primary N) is 1. The minimum Gasteiger partial charge on any atom is -0.360 e.